The second-order valence-electron chi connectivity index (χ2n) is 6.71. The molecule has 0 bridgehead atoms. The number of anilines is 1. The Morgan fingerprint density at radius 2 is 1.83 bits per heavy atom. The van der Waals surface area contributed by atoms with E-state index < -0.39 is 0 Å². The van der Waals surface area contributed by atoms with Crippen molar-refractivity contribution in [3.8, 4) is 17.2 Å². The maximum Gasteiger partial charge on any atom is 0.251 e. The Balaban J connectivity index is 1.60. The van der Waals surface area contributed by atoms with Gasteiger partial charge in [-0.3, -0.25) is 9.59 Å². The number of ether oxygens (including phenoxy) is 3. The van der Waals surface area contributed by atoms with E-state index in [1.165, 1.54) is 0 Å². The summed E-state index contributed by atoms with van der Waals surface area (Å²) in [6.07, 6.45) is 0.903. The molecule has 2 aromatic rings. The van der Waals surface area contributed by atoms with Crippen LogP contribution in [0.3, 0.4) is 0 Å². The molecule has 2 N–H and O–H groups in total. The molecule has 2 aromatic carbocycles. The molecule has 1 unspecified atom stereocenters. The average molecular weight is 398 g/mol. The van der Waals surface area contributed by atoms with Gasteiger partial charge in [-0.2, -0.15) is 0 Å². The summed E-state index contributed by atoms with van der Waals surface area (Å²) in [4.78, 5) is 24.6. The van der Waals surface area contributed by atoms with Crippen LogP contribution in [0.5, 0.6) is 17.2 Å². The molecule has 3 rings (SSSR count). The molecule has 1 aliphatic heterocycles. The first-order valence-electron chi connectivity index (χ1n) is 9.77. The van der Waals surface area contributed by atoms with Crippen LogP contribution in [-0.2, 0) is 11.2 Å². The molecule has 2 amide bonds. The summed E-state index contributed by atoms with van der Waals surface area (Å²) in [5.41, 5.74) is 2.04. The number of nitrogens with one attached hydrogen (secondary N) is 2. The molecule has 7 heteroatoms. The third-order valence-corrected chi connectivity index (χ3v) is 4.41. The lowest BCUT2D eigenvalue weighted by Gasteiger charge is -2.14. The maximum atomic E-state index is 12.4. The van der Waals surface area contributed by atoms with Crippen molar-refractivity contribution < 1.29 is 23.8 Å². The fourth-order valence-electron chi connectivity index (χ4n) is 3.14. The first-order chi connectivity index (χ1) is 14.0. The first-order valence-corrected chi connectivity index (χ1v) is 9.77. The highest BCUT2D eigenvalue weighted by molar-refractivity contribution is 6.00. The Labute approximate surface area is 170 Å². The Hall–Kier alpha value is -3.22. The molecule has 1 aliphatic rings. The Morgan fingerprint density at radius 1 is 1.10 bits per heavy atom. The van der Waals surface area contributed by atoms with Gasteiger partial charge in [0.15, 0.2) is 0 Å². The van der Waals surface area contributed by atoms with Crippen molar-refractivity contribution in [3.05, 3.63) is 47.5 Å². The van der Waals surface area contributed by atoms with Crippen molar-refractivity contribution in [2.75, 3.05) is 25.1 Å². The molecule has 1 heterocycles. The molecule has 0 aromatic heterocycles. The van der Waals surface area contributed by atoms with Gasteiger partial charge < -0.3 is 24.8 Å². The molecule has 0 fully saturated rings. The van der Waals surface area contributed by atoms with Gasteiger partial charge in [-0.25, -0.2) is 0 Å². The number of rotatable bonds is 8. The van der Waals surface area contributed by atoms with Crippen LogP contribution in [0.25, 0.3) is 0 Å². The number of hydrogen-bond donors (Lipinski definition) is 2. The SMILES string of the molecule is CCOc1ccc(C(=O)NCC(=O)Nc2cc3c(cc2OCC)CC(C)O3)cc1. The zero-order valence-corrected chi connectivity index (χ0v) is 16.9. The van der Waals surface area contributed by atoms with E-state index in [4.69, 9.17) is 14.2 Å². The van der Waals surface area contributed by atoms with E-state index >= 15 is 0 Å². The van der Waals surface area contributed by atoms with E-state index in [0.29, 0.717) is 36.0 Å². The van der Waals surface area contributed by atoms with Gasteiger partial charge in [0.2, 0.25) is 5.91 Å². The highest BCUT2D eigenvalue weighted by Gasteiger charge is 2.22. The van der Waals surface area contributed by atoms with Crippen molar-refractivity contribution in [2.45, 2.75) is 33.3 Å². The summed E-state index contributed by atoms with van der Waals surface area (Å²) in [6.45, 7) is 6.65. The van der Waals surface area contributed by atoms with Gasteiger partial charge in [0.05, 0.1) is 25.4 Å². The predicted molar refractivity (Wildman–Crippen MR) is 110 cm³/mol. The van der Waals surface area contributed by atoms with Gasteiger partial charge in [-0.15, -0.1) is 0 Å². The third-order valence-electron chi connectivity index (χ3n) is 4.41. The fourth-order valence-corrected chi connectivity index (χ4v) is 3.14. The molecule has 0 saturated heterocycles. The molecule has 1 atom stereocenters. The molecule has 29 heavy (non-hydrogen) atoms. The van der Waals surface area contributed by atoms with Gasteiger partial charge >= 0.3 is 0 Å². The second-order valence-corrected chi connectivity index (χ2v) is 6.71. The Kier molecular flexibility index (Phi) is 6.59. The van der Waals surface area contributed by atoms with Crippen LogP contribution >= 0.6 is 0 Å². The van der Waals surface area contributed by atoms with Crippen molar-refractivity contribution in [1.29, 1.82) is 0 Å². The van der Waals surface area contributed by atoms with Crippen LogP contribution in [0.1, 0.15) is 36.7 Å². The molecular weight excluding hydrogens is 372 g/mol. The van der Waals surface area contributed by atoms with E-state index in [0.717, 1.165) is 17.7 Å². The van der Waals surface area contributed by atoms with E-state index in [1.807, 2.05) is 26.8 Å². The average Bonchev–Trinajstić information content (AvgIpc) is 3.06. The van der Waals surface area contributed by atoms with Crippen molar-refractivity contribution in [2.24, 2.45) is 0 Å². The number of amides is 2. The topological polar surface area (TPSA) is 85.9 Å². The van der Waals surface area contributed by atoms with E-state index in [2.05, 4.69) is 10.6 Å². The smallest absolute Gasteiger partial charge is 0.251 e. The standard InChI is InChI=1S/C22H26N2O5/c1-4-27-17-8-6-15(7-9-17)22(26)23-13-21(25)24-18-12-19-16(10-14(3)29-19)11-20(18)28-5-2/h6-9,11-12,14H,4-5,10,13H2,1-3H3,(H,23,26)(H,24,25). The van der Waals surface area contributed by atoms with Crippen LogP contribution in [-0.4, -0.2) is 37.7 Å². The van der Waals surface area contributed by atoms with Gasteiger partial charge in [-0.05, 0) is 51.1 Å². The summed E-state index contributed by atoms with van der Waals surface area (Å²) >= 11 is 0. The minimum Gasteiger partial charge on any atom is -0.494 e. The molecular formula is C22H26N2O5. The number of benzene rings is 2. The number of fused-ring (bicyclic) bond motifs is 1. The quantitative estimate of drug-likeness (QED) is 0.713. The largest absolute Gasteiger partial charge is 0.494 e. The zero-order chi connectivity index (χ0) is 20.8. The van der Waals surface area contributed by atoms with Crippen LogP contribution < -0.4 is 24.8 Å². The van der Waals surface area contributed by atoms with Crippen LogP contribution in [0.4, 0.5) is 5.69 Å². The number of carbonyl (C=O) groups is 2. The van der Waals surface area contributed by atoms with E-state index in [1.54, 1.807) is 30.3 Å². The number of hydrogen-bond acceptors (Lipinski definition) is 5. The normalized spacial score (nSPS) is 14.5. The van der Waals surface area contributed by atoms with Crippen LogP contribution in [0.15, 0.2) is 36.4 Å². The minimum absolute atomic E-state index is 0.0961. The van der Waals surface area contributed by atoms with E-state index in [-0.39, 0.29) is 24.5 Å². The molecule has 0 radical (unpaired) electrons. The van der Waals surface area contributed by atoms with Gasteiger partial charge in [0, 0.05) is 23.6 Å². The van der Waals surface area contributed by atoms with Gasteiger partial charge in [0.25, 0.3) is 5.91 Å². The lowest BCUT2D eigenvalue weighted by molar-refractivity contribution is -0.115. The fraction of sp³-hybridized carbons (Fsp3) is 0.364. The minimum atomic E-state index is -0.351. The zero-order valence-electron chi connectivity index (χ0n) is 16.9. The Bertz CT molecular complexity index is 880. The highest BCUT2D eigenvalue weighted by atomic mass is 16.5. The first kappa shape index (κ1) is 20.5. The molecule has 7 nitrogen and oxygen atoms in total. The molecule has 0 saturated carbocycles. The summed E-state index contributed by atoms with van der Waals surface area (Å²) in [6, 6.07) is 10.4. The summed E-state index contributed by atoms with van der Waals surface area (Å²) in [5.74, 6) is 1.35. The summed E-state index contributed by atoms with van der Waals surface area (Å²) < 4.78 is 16.8. The maximum absolute atomic E-state index is 12.4. The Morgan fingerprint density at radius 3 is 2.52 bits per heavy atom. The van der Waals surface area contributed by atoms with E-state index in [9.17, 15) is 9.59 Å². The van der Waals surface area contributed by atoms with Crippen LogP contribution in [0, 0.1) is 0 Å². The van der Waals surface area contributed by atoms with Gasteiger partial charge in [0.1, 0.15) is 23.4 Å². The molecule has 154 valence electrons. The van der Waals surface area contributed by atoms with Crippen molar-refractivity contribution in [1.82, 2.24) is 5.32 Å². The number of carbonyl (C=O) groups excluding carboxylic acids is 2. The summed E-state index contributed by atoms with van der Waals surface area (Å²) in [7, 11) is 0. The third kappa shape index (κ3) is 5.19. The second kappa shape index (κ2) is 9.32. The van der Waals surface area contributed by atoms with Crippen molar-refractivity contribution >= 4 is 17.5 Å². The lowest BCUT2D eigenvalue weighted by atomic mass is 10.1. The van der Waals surface area contributed by atoms with Gasteiger partial charge in [-0.1, -0.05) is 0 Å². The highest BCUT2D eigenvalue weighted by Crippen LogP contribution is 2.38. The lowest BCUT2D eigenvalue weighted by Crippen LogP contribution is -2.32. The monoisotopic (exact) mass is 398 g/mol. The summed E-state index contributed by atoms with van der Waals surface area (Å²) in [5, 5.41) is 5.41. The van der Waals surface area contributed by atoms with Crippen LogP contribution in [0.2, 0.25) is 0 Å². The molecule has 0 spiro atoms. The van der Waals surface area contributed by atoms with Crippen molar-refractivity contribution in [3.63, 3.8) is 0 Å². The molecule has 0 aliphatic carbocycles. The predicted octanol–water partition coefficient (Wildman–Crippen LogP) is 3.18.